The molecule has 0 radical (unpaired) electrons. The van der Waals surface area contributed by atoms with Gasteiger partial charge in [0.2, 0.25) is 20.0 Å². The molecule has 0 atom stereocenters. The molecule has 1 aliphatic heterocycles. The molecule has 1 spiro atoms. The summed E-state index contributed by atoms with van der Waals surface area (Å²) in [7, 11) is -7.42. The molecule has 1 saturated heterocycles. The number of nitrogens with one attached hydrogen (secondary N) is 2. The molecule has 1 aromatic heterocycles. The van der Waals surface area contributed by atoms with Crippen LogP contribution < -0.4 is 14.9 Å². The third-order valence-electron chi connectivity index (χ3n) is 7.95. The monoisotopic (exact) mass is 588 g/mol. The van der Waals surface area contributed by atoms with Gasteiger partial charge in [0.05, 0.1) is 39.6 Å². The molecule has 0 bridgehead atoms. The first-order chi connectivity index (χ1) is 18.7. The van der Waals surface area contributed by atoms with Crippen LogP contribution in [0.1, 0.15) is 56.8 Å². The van der Waals surface area contributed by atoms with Crippen molar-refractivity contribution in [2.24, 2.45) is 5.41 Å². The molecule has 2 heterocycles. The van der Waals surface area contributed by atoms with Crippen LogP contribution in [0.4, 0.5) is 17.1 Å². The Morgan fingerprint density at radius 1 is 0.950 bits per heavy atom. The largest absolute Gasteiger partial charge is 0.395 e. The normalized spacial score (nSPS) is 17.2. The average Bonchev–Trinajstić information content (AvgIpc) is 3.48. The van der Waals surface area contributed by atoms with Crippen LogP contribution in [0.3, 0.4) is 0 Å². The summed E-state index contributed by atoms with van der Waals surface area (Å²) in [5.74, 6) is -0.811. The minimum absolute atomic E-state index is 0.318. The number of nitrogens with zero attached hydrogens (tertiary/aromatic N) is 2. The van der Waals surface area contributed by atoms with Gasteiger partial charge in [0, 0.05) is 30.4 Å². The fourth-order valence-corrected chi connectivity index (χ4v) is 7.24. The lowest BCUT2D eigenvalue weighted by Crippen LogP contribution is -2.35. The molecule has 3 N–H and O–H groups in total. The van der Waals surface area contributed by atoms with Crippen LogP contribution in [0.2, 0.25) is 0 Å². The Kier molecular flexibility index (Phi) is 7.16. The van der Waals surface area contributed by atoms with Gasteiger partial charge in [-0.05, 0) is 88.3 Å². The van der Waals surface area contributed by atoms with E-state index in [1.54, 1.807) is 57.2 Å². The Balaban J connectivity index is 1.46. The number of aliphatic hydroxyl groups excluding tert-OH is 1. The maximum absolute atomic E-state index is 13.6. The van der Waals surface area contributed by atoms with Crippen LogP contribution >= 0.6 is 0 Å². The van der Waals surface area contributed by atoms with Gasteiger partial charge >= 0.3 is 0 Å². The van der Waals surface area contributed by atoms with Crippen LogP contribution in [0.25, 0.3) is 10.9 Å². The van der Waals surface area contributed by atoms with E-state index >= 15 is 0 Å². The highest BCUT2D eigenvalue weighted by atomic mass is 32.2. The summed E-state index contributed by atoms with van der Waals surface area (Å²) in [6, 6.07) is 11.6. The van der Waals surface area contributed by atoms with E-state index in [1.165, 1.54) is 29.1 Å². The molecule has 2 aliphatic rings. The number of fused-ring (bicyclic) bond motifs is 1. The van der Waals surface area contributed by atoms with E-state index in [9.17, 15) is 21.6 Å². The predicted octanol–water partition coefficient (Wildman–Crippen LogP) is 3.98. The summed E-state index contributed by atoms with van der Waals surface area (Å²) in [5.41, 5.74) is 2.64. The quantitative estimate of drug-likeness (QED) is 0.362. The number of rotatable bonds is 8. The van der Waals surface area contributed by atoms with Crippen LogP contribution in [0.15, 0.2) is 48.7 Å². The van der Waals surface area contributed by atoms with Crippen molar-refractivity contribution in [3.63, 3.8) is 0 Å². The number of sulfonamides is 1. The maximum atomic E-state index is 13.6. The number of carbonyl (C=O) groups excluding carboxylic acids is 1. The maximum Gasteiger partial charge on any atom is 0.257 e. The van der Waals surface area contributed by atoms with Crippen molar-refractivity contribution in [2.75, 3.05) is 40.4 Å². The lowest BCUT2D eigenvalue weighted by molar-refractivity contribution is 0.102. The van der Waals surface area contributed by atoms with Crippen LogP contribution in [0.5, 0.6) is 0 Å². The molecular formula is C28H36N4O6S2. The van der Waals surface area contributed by atoms with Gasteiger partial charge in [-0.15, -0.1) is 0 Å². The molecule has 2 fully saturated rings. The average molecular weight is 589 g/mol. The van der Waals surface area contributed by atoms with E-state index < -0.39 is 37.2 Å². The van der Waals surface area contributed by atoms with Crippen LogP contribution in [-0.4, -0.2) is 62.0 Å². The number of aromatic nitrogens is 1. The van der Waals surface area contributed by atoms with Crippen LogP contribution in [-0.2, 0) is 20.0 Å². The van der Waals surface area contributed by atoms with E-state index in [1.807, 2.05) is 0 Å². The highest BCUT2D eigenvalue weighted by molar-refractivity contribution is 7.92. The molecule has 10 nitrogen and oxygen atoms in total. The Hall–Kier alpha value is -3.09. The molecule has 5 rings (SSSR count). The van der Waals surface area contributed by atoms with Gasteiger partial charge < -0.3 is 15.3 Å². The highest BCUT2D eigenvalue weighted by Crippen LogP contribution is 2.54. The smallest absolute Gasteiger partial charge is 0.257 e. The summed E-state index contributed by atoms with van der Waals surface area (Å²) >= 11 is 0. The lowest BCUT2D eigenvalue weighted by atomic mass is 9.93. The fraction of sp³-hybridized carbons (Fsp3) is 0.464. The van der Waals surface area contributed by atoms with Crippen molar-refractivity contribution in [3.8, 4) is 0 Å². The number of hydrogen-bond acceptors (Lipinski definition) is 7. The zero-order chi connectivity index (χ0) is 28.9. The Labute approximate surface area is 235 Å². The summed E-state index contributed by atoms with van der Waals surface area (Å²) in [4.78, 5) is 15.7. The first kappa shape index (κ1) is 28.4. The van der Waals surface area contributed by atoms with Crippen molar-refractivity contribution in [1.82, 2.24) is 3.97 Å². The zero-order valence-corrected chi connectivity index (χ0v) is 24.6. The van der Waals surface area contributed by atoms with Gasteiger partial charge in [0.1, 0.15) is 0 Å². The molecule has 3 aromatic rings. The topological polar surface area (TPSA) is 138 Å². The molecule has 1 amide bonds. The molecule has 1 saturated carbocycles. The van der Waals surface area contributed by atoms with Crippen molar-refractivity contribution in [2.45, 2.75) is 51.2 Å². The first-order valence-corrected chi connectivity index (χ1v) is 16.5. The second-order valence-electron chi connectivity index (χ2n) is 11.8. The van der Waals surface area contributed by atoms with Gasteiger partial charge in [-0.1, -0.05) is 6.07 Å². The number of aliphatic hydroxyl groups is 1. The molecule has 216 valence electrons. The summed E-state index contributed by atoms with van der Waals surface area (Å²) in [6.07, 6.45) is 6.01. The number of benzene rings is 2. The number of amides is 1. The SMILES string of the molecule is CC(C)(C)S(=O)(=O)n1ccc2ccc(NC(=O)c3ccc(NS(=O)(=O)CCO)cc3N3CCC4(CC3)CC4)cc21. The van der Waals surface area contributed by atoms with E-state index in [2.05, 4.69) is 14.9 Å². The molecule has 12 heteroatoms. The molecule has 2 aromatic carbocycles. The standard InChI is InChI=1S/C28H36N4O6S2/c1-27(2,3)40(37,38)32-13-8-20-4-5-21(18-24(20)32)29-26(34)23-7-6-22(30-39(35,36)17-16-33)19-25(23)31-14-11-28(9-10-28)12-15-31/h4-8,13,18-19,30,33H,9-12,14-17H2,1-3H3,(H,29,34). The highest BCUT2D eigenvalue weighted by Gasteiger charge is 2.44. The number of hydrogen-bond donors (Lipinski definition) is 3. The van der Waals surface area contributed by atoms with Gasteiger partial charge in [-0.3, -0.25) is 9.52 Å². The van der Waals surface area contributed by atoms with Crippen molar-refractivity contribution in [3.05, 3.63) is 54.2 Å². The lowest BCUT2D eigenvalue weighted by Gasteiger charge is -2.35. The van der Waals surface area contributed by atoms with Gasteiger partial charge in [-0.25, -0.2) is 20.8 Å². The number of anilines is 3. The second-order valence-corrected chi connectivity index (χ2v) is 16.2. The van der Waals surface area contributed by atoms with E-state index in [-0.39, 0.29) is 5.91 Å². The van der Waals surface area contributed by atoms with Gasteiger partial charge in [0.25, 0.3) is 5.91 Å². The van der Waals surface area contributed by atoms with Gasteiger partial charge in [-0.2, -0.15) is 0 Å². The summed E-state index contributed by atoms with van der Waals surface area (Å²) in [6.45, 7) is 5.94. The minimum atomic E-state index is -3.73. The first-order valence-electron chi connectivity index (χ1n) is 13.4. The summed E-state index contributed by atoms with van der Waals surface area (Å²) in [5, 5.41) is 12.7. The third-order valence-corrected chi connectivity index (χ3v) is 11.6. The number of piperidine rings is 1. The Bertz CT molecular complexity index is 1660. The second kappa shape index (κ2) is 10.1. The minimum Gasteiger partial charge on any atom is -0.395 e. The predicted molar refractivity (Wildman–Crippen MR) is 158 cm³/mol. The van der Waals surface area contributed by atoms with Crippen molar-refractivity contribution < 1.29 is 26.7 Å². The van der Waals surface area contributed by atoms with Crippen molar-refractivity contribution in [1.29, 1.82) is 0 Å². The third kappa shape index (κ3) is 5.57. The number of carbonyl (C=O) groups is 1. The molecular weight excluding hydrogens is 552 g/mol. The van der Waals surface area contributed by atoms with E-state index in [0.717, 1.165) is 31.3 Å². The molecule has 1 aliphatic carbocycles. The Morgan fingerprint density at radius 3 is 2.25 bits per heavy atom. The fourth-order valence-electron chi connectivity index (χ4n) is 5.18. The summed E-state index contributed by atoms with van der Waals surface area (Å²) < 4.78 is 53.5. The van der Waals surface area contributed by atoms with Crippen LogP contribution in [0, 0.1) is 5.41 Å². The van der Waals surface area contributed by atoms with Crippen molar-refractivity contribution >= 4 is 53.9 Å². The van der Waals surface area contributed by atoms with E-state index in [0.29, 0.717) is 33.6 Å². The molecule has 40 heavy (non-hydrogen) atoms. The van der Waals surface area contributed by atoms with Gasteiger partial charge in [0.15, 0.2) is 0 Å². The Morgan fingerprint density at radius 2 is 1.62 bits per heavy atom. The zero-order valence-electron chi connectivity index (χ0n) is 23.0. The molecule has 0 unspecified atom stereocenters. The van der Waals surface area contributed by atoms with E-state index in [4.69, 9.17) is 5.11 Å².